The van der Waals surface area contributed by atoms with Crippen molar-refractivity contribution in [2.75, 3.05) is 6.54 Å². The van der Waals surface area contributed by atoms with Crippen molar-refractivity contribution in [1.29, 1.82) is 0 Å². The Morgan fingerprint density at radius 1 is 1.08 bits per heavy atom. The first kappa shape index (κ1) is 12.0. The third kappa shape index (κ3) is 4.78. The van der Waals surface area contributed by atoms with Crippen LogP contribution in [0.1, 0.15) is 38.5 Å². The number of allylic oxidation sites excluding steroid dienone is 1. The lowest BCUT2D eigenvalue weighted by molar-refractivity contribution is 0.361. The number of hydrogen-bond acceptors (Lipinski definition) is 1. The first-order valence-electron chi connectivity index (χ1n) is 4.78. The van der Waals surface area contributed by atoms with Gasteiger partial charge in [-0.15, -0.1) is 12.4 Å². The van der Waals surface area contributed by atoms with E-state index in [0.29, 0.717) is 6.54 Å². The molecule has 2 heteroatoms. The van der Waals surface area contributed by atoms with Gasteiger partial charge >= 0.3 is 0 Å². The van der Waals surface area contributed by atoms with Crippen molar-refractivity contribution in [3.8, 4) is 0 Å². The van der Waals surface area contributed by atoms with Crippen LogP contribution in [0.15, 0.2) is 12.2 Å². The van der Waals surface area contributed by atoms with Gasteiger partial charge in [-0.2, -0.15) is 0 Å². The van der Waals surface area contributed by atoms with E-state index in [-0.39, 0.29) is 12.4 Å². The zero-order chi connectivity index (χ0) is 7.94. The van der Waals surface area contributed by atoms with Gasteiger partial charge in [-0.05, 0) is 12.3 Å². The largest absolute Gasteiger partial charge is 0.327 e. The highest BCUT2D eigenvalue weighted by Crippen LogP contribution is 2.26. The van der Waals surface area contributed by atoms with Crippen LogP contribution in [0, 0.1) is 5.92 Å². The minimum atomic E-state index is 0. The fourth-order valence-corrected chi connectivity index (χ4v) is 1.81. The molecule has 0 saturated heterocycles. The van der Waals surface area contributed by atoms with Gasteiger partial charge in [0.05, 0.1) is 0 Å². The van der Waals surface area contributed by atoms with Crippen molar-refractivity contribution < 1.29 is 0 Å². The molecule has 0 aromatic rings. The number of hydrogen-bond donors (Lipinski definition) is 1. The quantitative estimate of drug-likeness (QED) is 0.679. The van der Waals surface area contributed by atoms with Crippen LogP contribution in [-0.4, -0.2) is 6.54 Å². The van der Waals surface area contributed by atoms with E-state index in [4.69, 9.17) is 5.73 Å². The molecule has 0 aromatic heterocycles. The van der Waals surface area contributed by atoms with Crippen LogP contribution in [0.25, 0.3) is 0 Å². The maximum Gasteiger partial charge on any atom is 0.0106 e. The summed E-state index contributed by atoms with van der Waals surface area (Å²) in [7, 11) is 0. The lowest BCUT2D eigenvalue weighted by Gasteiger charge is -2.19. The van der Waals surface area contributed by atoms with Crippen molar-refractivity contribution in [3.63, 3.8) is 0 Å². The lowest BCUT2D eigenvalue weighted by atomic mass is 9.87. The Kier molecular flexibility index (Phi) is 7.62. The maximum absolute atomic E-state index is 5.36. The van der Waals surface area contributed by atoms with Gasteiger partial charge in [0.1, 0.15) is 0 Å². The zero-order valence-corrected chi connectivity index (χ0v) is 8.48. The molecular formula is C10H20ClN. The first-order chi connectivity index (χ1) is 5.43. The smallest absolute Gasteiger partial charge is 0.0106 e. The third-order valence-electron chi connectivity index (χ3n) is 2.50. The van der Waals surface area contributed by atoms with Crippen LogP contribution in [0.5, 0.6) is 0 Å². The Hall–Kier alpha value is -0.0100. The standard InChI is InChI=1S/C10H19N.ClH/c11-9-5-4-8-10-6-2-1-3-7-10;/h4-5,10H,1-3,6-9,11H2;1H/b5-4+;. The van der Waals surface area contributed by atoms with Crippen LogP contribution in [0.4, 0.5) is 0 Å². The van der Waals surface area contributed by atoms with Gasteiger partial charge in [-0.3, -0.25) is 0 Å². The van der Waals surface area contributed by atoms with Gasteiger partial charge in [0, 0.05) is 6.54 Å². The third-order valence-corrected chi connectivity index (χ3v) is 2.50. The Morgan fingerprint density at radius 2 is 1.75 bits per heavy atom. The van der Waals surface area contributed by atoms with Gasteiger partial charge in [0.15, 0.2) is 0 Å². The van der Waals surface area contributed by atoms with E-state index in [1.165, 1.54) is 38.5 Å². The Bertz CT molecular complexity index is 117. The summed E-state index contributed by atoms with van der Waals surface area (Å²) in [5.41, 5.74) is 5.36. The van der Waals surface area contributed by atoms with E-state index < -0.39 is 0 Å². The van der Waals surface area contributed by atoms with Crippen LogP contribution in [0.3, 0.4) is 0 Å². The highest BCUT2D eigenvalue weighted by Gasteiger charge is 2.10. The summed E-state index contributed by atoms with van der Waals surface area (Å²) in [6, 6.07) is 0. The molecule has 2 N–H and O–H groups in total. The Morgan fingerprint density at radius 3 is 2.33 bits per heavy atom. The SMILES string of the molecule is Cl.NC/C=C/CC1CCCCC1. The molecule has 12 heavy (non-hydrogen) atoms. The predicted molar refractivity (Wildman–Crippen MR) is 56.6 cm³/mol. The highest BCUT2D eigenvalue weighted by molar-refractivity contribution is 5.85. The summed E-state index contributed by atoms with van der Waals surface area (Å²) in [6.45, 7) is 0.701. The molecule has 0 unspecified atom stereocenters. The van der Waals surface area contributed by atoms with Crippen LogP contribution in [0.2, 0.25) is 0 Å². The summed E-state index contributed by atoms with van der Waals surface area (Å²) in [5, 5.41) is 0. The number of rotatable bonds is 3. The monoisotopic (exact) mass is 189 g/mol. The van der Waals surface area contributed by atoms with E-state index in [9.17, 15) is 0 Å². The fourth-order valence-electron chi connectivity index (χ4n) is 1.81. The number of nitrogens with two attached hydrogens (primary N) is 1. The van der Waals surface area contributed by atoms with Crippen LogP contribution < -0.4 is 5.73 Å². The summed E-state index contributed by atoms with van der Waals surface area (Å²) in [4.78, 5) is 0. The Labute approximate surface area is 81.8 Å². The summed E-state index contributed by atoms with van der Waals surface area (Å²) >= 11 is 0. The summed E-state index contributed by atoms with van der Waals surface area (Å²) in [6.07, 6.45) is 12.8. The van der Waals surface area contributed by atoms with Gasteiger partial charge in [-0.25, -0.2) is 0 Å². The molecule has 1 aliphatic rings. The molecule has 0 bridgehead atoms. The summed E-state index contributed by atoms with van der Waals surface area (Å²) < 4.78 is 0. The van der Waals surface area contributed by atoms with E-state index in [1.807, 2.05) is 0 Å². The molecule has 0 radical (unpaired) electrons. The molecule has 0 heterocycles. The zero-order valence-electron chi connectivity index (χ0n) is 7.67. The van der Waals surface area contributed by atoms with Crippen molar-refractivity contribution in [3.05, 3.63) is 12.2 Å². The van der Waals surface area contributed by atoms with Gasteiger partial charge in [0.2, 0.25) is 0 Å². The Balaban J connectivity index is 0.00000121. The molecule has 1 nitrogen and oxygen atoms in total. The van der Waals surface area contributed by atoms with Gasteiger partial charge in [0.25, 0.3) is 0 Å². The minimum Gasteiger partial charge on any atom is -0.327 e. The van der Waals surface area contributed by atoms with E-state index >= 15 is 0 Å². The second kappa shape index (κ2) is 7.63. The summed E-state index contributed by atoms with van der Waals surface area (Å²) in [5.74, 6) is 0.964. The average Bonchev–Trinajstić information content (AvgIpc) is 2.07. The van der Waals surface area contributed by atoms with E-state index in [2.05, 4.69) is 12.2 Å². The van der Waals surface area contributed by atoms with Crippen LogP contribution in [-0.2, 0) is 0 Å². The molecule has 1 aliphatic carbocycles. The fraction of sp³-hybridized carbons (Fsp3) is 0.800. The second-order valence-corrected chi connectivity index (χ2v) is 3.45. The molecule has 1 saturated carbocycles. The van der Waals surface area contributed by atoms with E-state index in [1.54, 1.807) is 0 Å². The van der Waals surface area contributed by atoms with Crippen molar-refractivity contribution in [2.45, 2.75) is 38.5 Å². The predicted octanol–water partition coefficient (Wildman–Crippen LogP) is 2.89. The normalized spacial score (nSPS) is 19.4. The molecule has 0 aliphatic heterocycles. The average molecular weight is 190 g/mol. The van der Waals surface area contributed by atoms with Gasteiger partial charge in [-0.1, -0.05) is 44.3 Å². The maximum atomic E-state index is 5.36. The molecule has 1 fully saturated rings. The molecule has 1 rings (SSSR count). The first-order valence-corrected chi connectivity index (χ1v) is 4.78. The molecule has 0 atom stereocenters. The molecular weight excluding hydrogens is 170 g/mol. The van der Waals surface area contributed by atoms with Crippen molar-refractivity contribution in [2.24, 2.45) is 11.7 Å². The van der Waals surface area contributed by atoms with Gasteiger partial charge < -0.3 is 5.73 Å². The minimum absolute atomic E-state index is 0. The molecule has 0 spiro atoms. The molecule has 0 amide bonds. The lowest BCUT2D eigenvalue weighted by Crippen LogP contribution is -2.04. The van der Waals surface area contributed by atoms with Crippen LogP contribution >= 0.6 is 12.4 Å². The van der Waals surface area contributed by atoms with Crippen molar-refractivity contribution in [1.82, 2.24) is 0 Å². The van der Waals surface area contributed by atoms with Crippen molar-refractivity contribution >= 4 is 12.4 Å². The topological polar surface area (TPSA) is 26.0 Å². The molecule has 72 valence electrons. The number of halogens is 1. The highest BCUT2D eigenvalue weighted by atomic mass is 35.5. The molecule has 0 aromatic carbocycles. The second-order valence-electron chi connectivity index (χ2n) is 3.45. The van der Waals surface area contributed by atoms with E-state index in [0.717, 1.165) is 5.92 Å².